The van der Waals surface area contributed by atoms with Gasteiger partial charge in [0.2, 0.25) is 11.9 Å². The molecule has 7 heteroatoms. The molecule has 0 unspecified atom stereocenters. The van der Waals surface area contributed by atoms with Crippen molar-refractivity contribution in [2.45, 2.75) is 0 Å². The second-order valence-corrected chi connectivity index (χ2v) is 4.55. The Morgan fingerprint density at radius 1 is 1.14 bits per heavy atom. The Kier molecular flexibility index (Phi) is 2.50. The van der Waals surface area contributed by atoms with E-state index in [0.29, 0.717) is 5.82 Å². The monoisotopic (exact) mass is 319 g/mol. The number of aromatic nitrogens is 3. The third-order valence-corrected chi connectivity index (χ3v) is 3.67. The lowest BCUT2D eigenvalue weighted by Crippen LogP contribution is -2.03. The number of hydrogen-bond donors (Lipinski definition) is 2. The van der Waals surface area contributed by atoms with Crippen LogP contribution in [0, 0.1) is 3.57 Å². The molecular weight excluding hydrogens is 313 g/mol. The number of nitrogens with zero attached hydrogens (tertiary/aromatic N) is 3. The maximum atomic E-state index is 5.48. The lowest BCUT2D eigenvalue weighted by Gasteiger charge is -1.99. The molecule has 0 saturated carbocycles. The lowest BCUT2D eigenvalue weighted by molar-refractivity contribution is 1.09. The minimum Gasteiger partial charge on any atom is -0.368 e. The van der Waals surface area contributed by atoms with Crippen molar-refractivity contribution in [3.8, 4) is 10.7 Å². The van der Waals surface area contributed by atoms with Crippen LogP contribution in [-0.2, 0) is 0 Å². The third kappa shape index (κ3) is 1.77. The van der Waals surface area contributed by atoms with Crippen LogP contribution < -0.4 is 11.5 Å². The van der Waals surface area contributed by atoms with Gasteiger partial charge < -0.3 is 11.5 Å². The summed E-state index contributed by atoms with van der Waals surface area (Å²) in [5.41, 5.74) is 11.0. The molecule has 2 aromatic heterocycles. The van der Waals surface area contributed by atoms with Gasteiger partial charge >= 0.3 is 0 Å². The molecule has 2 rings (SSSR count). The summed E-state index contributed by atoms with van der Waals surface area (Å²) in [5, 5.41) is 1.97. The first-order valence-electron chi connectivity index (χ1n) is 3.67. The summed E-state index contributed by atoms with van der Waals surface area (Å²) in [7, 11) is 0. The quantitative estimate of drug-likeness (QED) is 0.775. The van der Waals surface area contributed by atoms with Crippen LogP contribution in [0.5, 0.6) is 0 Å². The first-order chi connectivity index (χ1) is 6.66. The minimum absolute atomic E-state index is 0.150. The van der Waals surface area contributed by atoms with Gasteiger partial charge in [-0.3, -0.25) is 0 Å². The molecule has 0 amide bonds. The predicted molar refractivity (Wildman–Crippen MR) is 64.7 cm³/mol. The van der Waals surface area contributed by atoms with E-state index in [9.17, 15) is 0 Å². The van der Waals surface area contributed by atoms with Crippen molar-refractivity contribution in [3.05, 3.63) is 15.0 Å². The molecule has 0 aliphatic rings. The third-order valence-electron chi connectivity index (χ3n) is 1.49. The molecule has 2 aromatic rings. The summed E-state index contributed by atoms with van der Waals surface area (Å²) in [4.78, 5) is 12.7. The Morgan fingerprint density at radius 2 is 1.79 bits per heavy atom. The standard InChI is InChI=1S/C7H6IN5S/c8-3-1-2-14-4(3)5-11-6(9)13-7(10)12-5/h1-2H,(H4,9,10,11,12,13). The van der Waals surface area contributed by atoms with Crippen LogP contribution in [0.3, 0.4) is 0 Å². The number of thiophene rings is 1. The maximum Gasteiger partial charge on any atom is 0.225 e. The normalized spacial score (nSPS) is 10.4. The number of nitrogens with two attached hydrogens (primary N) is 2. The fourth-order valence-electron chi connectivity index (χ4n) is 0.964. The summed E-state index contributed by atoms with van der Waals surface area (Å²) in [6.07, 6.45) is 0. The Hall–Kier alpha value is -0.960. The van der Waals surface area contributed by atoms with Gasteiger partial charge in [0, 0.05) is 3.57 Å². The summed E-state index contributed by atoms with van der Waals surface area (Å²) in [5.74, 6) is 0.836. The van der Waals surface area contributed by atoms with Crippen molar-refractivity contribution in [1.82, 2.24) is 15.0 Å². The molecule has 0 radical (unpaired) electrons. The average Bonchev–Trinajstić information content (AvgIpc) is 2.49. The zero-order chi connectivity index (χ0) is 10.1. The SMILES string of the molecule is Nc1nc(N)nc(-c2sccc2I)n1. The van der Waals surface area contributed by atoms with Gasteiger partial charge in [0.25, 0.3) is 0 Å². The highest BCUT2D eigenvalue weighted by Crippen LogP contribution is 2.28. The van der Waals surface area contributed by atoms with E-state index < -0.39 is 0 Å². The second kappa shape index (κ2) is 3.65. The molecule has 14 heavy (non-hydrogen) atoms. The number of hydrogen-bond acceptors (Lipinski definition) is 6. The molecule has 0 fully saturated rings. The van der Waals surface area contributed by atoms with E-state index in [2.05, 4.69) is 37.5 Å². The van der Waals surface area contributed by atoms with E-state index in [1.807, 2.05) is 11.4 Å². The van der Waals surface area contributed by atoms with E-state index in [1.165, 1.54) is 0 Å². The molecule has 4 N–H and O–H groups in total. The van der Waals surface area contributed by atoms with Crippen LogP contribution in [0.4, 0.5) is 11.9 Å². The number of halogens is 1. The van der Waals surface area contributed by atoms with Gasteiger partial charge in [0.1, 0.15) is 0 Å². The fraction of sp³-hybridized carbons (Fsp3) is 0. The average molecular weight is 319 g/mol. The molecular formula is C7H6IN5S. The van der Waals surface area contributed by atoms with Gasteiger partial charge in [0.15, 0.2) is 5.82 Å². The fourth-order valence-corrected chi connectivity index (χ4v) is 2.73. The maximum absolute atomic E-state index is 5.48. The van der Waals surface area contributed by atoms with Crippen molar-refractivity contribution in [2.75, 3.05) is 11.5 Å². The van der Waals surface area contributed by atoms with E-state index in [-0.39, 0.29) is 11.9 Å². The lowest BCUT2D eigenvalue weighted by atomic mass is 10.4. The summed E-state index contributed by atoms with van der Waals surface area (Å²) in [6.45, 7) is 0. The van der Waals surface area contributed by atoms with Crippen LogP contribution in [-0.4, -0.2) is 15.0 Å². The summed E-state index contributed by atoms with van der Waals surface area (Å²) >= 11 is 3.76. The summed E-state index contributed by atoms with van der Waals surface area (Å²) in [6, 6.07) is 1.98. The Morgan fingerprint density at radius 3 is 2.29 bits per heavy atom. The molecule has 72 valence electrons. The predicted octanol–water partition coefficient (Wildman–Crippen LogP) is 1.37. The molecule has 0 aliphatic heterocycles. The minimum atomic E-state index is 0.150. The van der Waals surface area contributed by atoms with Crippen molar-refractivity contribution in [2.24, 2.45) is 0 Å². The molecule has 0 aliphatic carbocycles. The highest BCUT2D eigenvalue weighted by molar-refractivity contribution is 14.1. The highest BCUT2D eigenvalue weighted by atomic mass is 127. The molecule has 2 heterocycles. The molecule has 0 bridgehead atoms. The number of anilines is 2. The van der Waals surface area contributed by atoms with Gasteiger partial charge in [-0.25, -0.2) is 0 Å². The topological polar surface area (TPSA) is 90.7 Å². The summed E-state index contributed by atoms with van der Waals surface area (Å²) < 4.78 is 1.08. The first kappa shape index (κ1) is 9.59. The van der Waals surface area contributed by atoms with Gasteiger partial charge in [-0.2, -0.15) is 15.0 Å². The zero-order valence-electron chi connectivity index (χ0n) is 6.94. The van der Waals surface area contributed by atoms with Crippen molar-refractivity contribution < 1.29 is 0 Å². The first-order valence-corrected chi connectivity index (χ1v) is 5.63. The van der Waals surface area contributed by atoms with Gasteiger partial charge in [0.05, 0.1) is 4.88 Å². The second-order valence-electron chi connectivity index (χ2n) is 2.47. The smallest absolute Gasteiger partial charge is 0.225 e. The van der Waals surface area contributed by atoms with Gasteiger partial charge in [-0.05, 0) is 34.0 Å². The Labute approximate surface area is 97.7 Å². The molecule has 0 saturated heterocycles. The van der Waals surface area contributed by atoms with Crippen LogP contribution in [0.2, 0.25) is 0 Å². The van der Waals surface area contributed by atoms with E-state index in [4.69, 9.17) is 11.5 Å². The van der Waals surface area contributed by atoms with Gasteiger partial charge in [-0.15, -0.1) is 11.3 Å². The van der Waals surface area contributed by atoms with Gasteiger partial charge in [-0.1, -0.05) is 0 Å². The van der Waals surface area contributed by atoms with Crippen molar-refractivity contribution >= 4 is 45.8 Å². The Balaban J connectivity index is 2.57. The van der Waals surface area contributed by atoms with Crippen molar-refractivity contribution in [1.29, 1.82) is 0 Å². The number of nitrogen functional groups attached to an aromatic ring is 2. The molecule has 0 aromatic carbocycles. The van der Waals surface area contributed by atoms with Crippen LogP contribution in [0.15, 0.2) is 11.4 Å². The van der Waals surface area contributed by atoms with Crippen molar-refractivity contribution in [3.63, 3.8) is 0 Å². The largest absolute Gasteiger partial charge is 0.368 e. The van der Waals surface area contributed by atoms with Crippen LogP contribution in [0.1, 0.15) is 0 Å². The van der Waals surface area contributed by atoms with Crippen LogP contribution in [0.25, 0.3) is 10.7 Å². The zero-order valence-corrected chi connectivity index (χ0v) is 9.91. The molecule has 5 nitrogen and oxygen atoms in total. The highest BCUT2D eigenvalue weighted by Gasteiger charge is 2.09. The van der Waals surface area contributed by atoms with E-state index in [0.717, 1.165) is 8.45 Å². The van der Waals surface area contributed by atoms with E-state index in [1.54, 1.807) is 11.3 Å². The van der Waals surface area contributed by atoms with E-state index >= 15 is 0 Å². The van der Waals surface area contributed by atoms with Crippen LogP contribution >= 0.6 is 33.9 Å². The Bertz CT molecular complexity index is 449. The number of rotatable bonds is 1. The molecule has 0 atom stereocenters. The molecule has 0 spiro atoms.